The molecule has 0 bridgehead atoms. The topological polar surface area (TPSA) is 66.5 Å². The minimum Gasteiger partial charge on any atom is -0.512 e. The molecule has 0 aromatic carbocycles. The zero-order chi connectivity index (χ0) is 9.40. The van der Waals surface area contributed by atoms with Gasteiger partial charge in [0.25, 0.3) is 0 Å². The Hall–Kier alpha value is -1.22. The first-order valence-corrected chi connectivity index (χ1v) is 3.81. The van der Waals surface area contributed by atoms with E-state index < -0.39 is 0 Å². The highest BCUT2D eigenvalue weighted by Crippen LogP contribution is 2.03. The van der Waals surface area contributed by atoms with Crippen LogP contribution in [-0.4, -0.2) is 16.8 Å². The van der Waals surface area contributed by atoms with Crippen molar-refractivity contribution in [2.45, 2.75) is 13.3 Å². The van der Waals surface area contributed by atoms with Gasteiger partial charge in [-0.25, -0.2) is 0 Å². The SMILES string of the molecule is C\C=C(/C=C\C(O)=C\O)CCN. The van der Waals surface area contributed by atoms with Gasteiger partial charge < -0.3 is 15.9 Å². The largest absolute Gasteiger partial charge is 0.512 e. The summed E-state index contributed by atoms with van der Waals surface area (Å²) in [7, 11) is 0. The van der Waals surface area contributed by atoms with Crippen LogP contribution in [0.3, 0.4) is 0 Å². The van der Waals surface area contributed by atoms with E-state index >= 15 is 0 Å². The number of hydrogen-bond donors (Lipinski definition) is 3. The molecular formula is C9H15NO2. The van der Waals surface area contributed by atoms with Gasteiger partial charge in [-0.2, -0.15) is 0 Å². The predicted molar refractivity (Wildman–Crippen MR) is 49.9 cm³/mol. The van der Waals surface area contributed by atoms with Crippen LogP contribution in [0.1, 0.15) is 13.3 Å². The highest BCUT2D eigenvalue weighted by atomic mass is 16.3. The zero-order valence-corrected chi connectivity index (χ0v) is 7.20. The van der Waals surface area contributed by atoms with Crippen LogP contribution in [0, 0.1) is 0 Å². The van der Waals surface area contributed by atoms with E-state index in [-0.39, 0.29) is 5.76 Å². The molecule has 12 heavy (non-hydrogen) atoms. The molecule has 3 heteroatoms. The molecule has 0 unspecified atom stereocenters. The molecule has 0 fully saturated rings. The van der Waals surface area contributed by atoms with Crippen molar-refractivity contribution in [3.63, 3.8) is 0 Å². The van der Waals surface area contributed by atoms with Gasteiger partial charge in [-0.3, -0.25) is 0 Å². The summed E-state index contributed by atoms with van der Waals surface area (Å²) in [6.07, 6.45) is 6.46. The Kier molecular flexibility index (Phi) is 5.83. The fourth-order valence-corrected chi connectivity index (χ4v) is 0.726. The van der Waals surface area contributed by atoms with Crippen LogP contribution < -0.4 is 5.73 Å². The molecule has 0 spiro atoms. The fraction of sp³-hybridized carbons (Fsp3) is 0.333. The van der Waals surface area contributed by atoms with E-state index in [1.807, 2.05) is 13.0 Å². The van der Waals surface area contributed by atoms with Crippen molar-refractivity contribution in [3.8, 4) is 0 Å². The lowest BCUT2D eigenvalue weighted by Crippen LogP contribution is -1.98. The summed E-state index contributed by atoms with van der Waals surface area (Å²) in [5.41, 5.74) is 6.38. The Bertz CT molecular complexity index is 205. The Morgan fingerprint density at radius 3 is 2.50 bits per heavy atom. The van der Waals surface area contributed by atoms with E-state index in [4.69, 9.17) is 15.9 Å². The summed E-state index contributed by atoms with van der Waals surface area (Å²) in [4.78, 5) is 0. The summed E-state index contributed by atoms with van der Waals surface area (Å²) in [6.45, 7) is 2.47. The Balaban J connectivity index is 4.12. The smallest absolute Gasteiger partial charge is 0.149 e. The van der Waals surface area contributed by atoms with Crippen LogP contribution in [0.5, 0.6) is 0 Å². The molecule has 0 aliphatic rings. The summed E-state index contributed by atoms with van der Waals surface area (Å²) < 4.78 is 0. The predicted octanol–water partition coefficient (Wildman–Crippen LogP) is 1.80. The van der Waals surface area contributed by atoms with Crippen LogP contribution >= 0.6 is 0 Å². The van der Waals surface area contributed by atoms with Gasteiger partial charge in [0.2, 0.25) is 0 Å². The van der Waals surface area contributed by atoms with E-state index in [1.165, 1.54) is 6.08 Å². The van der Waals surface area contributed by atoms with Crippen molar-refractivity contribution in [2.75, 3.05) is 6.54 Å². The van der Waals surface area contributed by atoms with Gasteiger partial charge in [-0.05, 0) is 26.0 Å². The van der Waals surface area contributed by atoms with Crippen LogP contribution in [0.4, 0.5) is 0 Å². The molecule has 0 radical (unpaired) electrons. The molecule has 0 heterocycles. The normalized spacial score (nSPS) is 14.2. The highest BCUT2D eigenvalue weighted by Gasteiger charge is 1.89. The average Bonchev–Trinajstić information content (AvgIpc) is 2.11. The van der Waals surface area contributed by atoms with Crippen LogP contribution in [0.15, 0.2) is 35.8 Å². The van der Waals surface area contributed by atoms with E-state index in [0.29, 0.717) is 12.8 Å². The monoisotopic (exact) mass is 169 g/mol. The molecule has 4 N–H and O–H groups in total. The number of rotatable bonds is 4. The molecule has 0 saturated carbocycles. The van der Waals surface area contributed by atoms with Gasteiger partial charge in [-0.15, -0.1) is 0 Å². The number of aliphatic hydroxyl groups is 2. The van der Waals surface area contributed by atoms with E-state index in [1.54, 1.807) is 6.08 Å². The lowest BCUT2D eigenvalue weighted by molar-refractivity contribution is 0.377. The summed E-state index contributed by atoms with van der Waals surface area (Å²) in [5.74, 6) is -0.161. The van der Waals surface area contributed by atoms with Gasteiger partial charge in [0, 0.05) is 0 Å². The quantitative estimate of drug-likeness (QED) is 0.444. The molecule has 0 saturated heterocycles. The maximum absolute atomic E-state index is 8.84. The minimum absolute atomic E-state index is 0.161. The van der Waals surface area contributed by atoms with Crippen molar-refractivity contribution >= 4 is 0 Å². The van der Waals surface area contributed by atoms with Crippen molar-refractivity contribution in [3.05, 3.63) is 35.8 Å². The highest BCUT2D eigenvalue weighted by molar-refractivity contribution is 5.23. The summed E-state index contributed by atoms with van der Waals surface area (Å²) in [6, 6.07) is 0. The fourth-order valence-electron chi connectivity index (χ4n) is 0.726. The van der Waals surface area contributed by atoms with Crippen molar-refractivity contribution in [1.29, 1.82) is 0 Å². The second kappa shape index (κ2) is 6.49. The van der Waals surface area contributed by atoms with E-state index in [2.05, 4.69) is 0 Å². The van der Waals surface area contributed by atoms with Crippen LogP contribution in [-0.2, 0) is 0 Å². The maximum atomic E-state index is 8.84. The molecule has 0 rings (SSSR count). The number of hydrogen-bond acceptors (Lipinski definition) is 3. The Labute approximate surface area is 72.5 Å². The Morgan fingerprint density at radius 1 is 1.42 bits per heavy atom. The maximum Gasteiger partial charge on any atom is 0.149 e. The molecule has 0 aromatic heterocycles. The third-order valence-electron chi connectivity index (χ3n) is 1.40. The minimum atomic E-state index is -0.161. The van der Waals surface area contributed by atoms with Crippen LogP contribution in [0.25, 0.3) is 0 Å². The Morgan fingerprint density at radius 2 is 2.08 bits per heavy atom. The second-order valence-electron chi connectivity index (χ2n) is 2.29. The van der Waals surface area contributed by atoms with Gasteiger partial charge in [0.15, 0.2) is 0 Å². The first-order valence-electron chi connectivity index (χ1n) is 3.81. The number of allylic oxidation sites excluding steroid dienone is 3. The molecule has 0 aliphatic carbocycles. The standard InChI is InChI=1S/C9H15NO2/c1-2-8(5-6-10)3-4-9(12)7-11/h2-4,7,11-12H,5-6,10H2,1H3/b4-3-,8-2+,9-7-. The van der Waals surface area contributed by atoms with Crippen LogP contribution in [0.2, 0.25) is 0 Å². The average molecular weight is 169 g/mol. The second-order valence-corrected chi connectivity index (χ2v) is 2.29. The summed E-state index contributed by atoms with van der Waals surface area (Å²) >= 11 is 0. The zero-order valence-electron chi connectivity index (χ0n) is 7.20. The van der Waals surface area contributed by atoms with E-state index in [0.717, 1.165) is 12.0 Å². The first kappa shape index (κ1) is 10.8. The molecule has 68 valence electrons. The molecule has 0 aliphatic heterocycles. The van der Waals surface area contributed by atoms with Gasteiger partial charge in [-0.1, -0.05) is 17.7 Å². The summed E-state index contributed by atoms with van der Waals surface area (Å²) in [5, 5.41) is 17.2. The number of aliphatic hydroxyl groups excluding tert-OH is 2. The molecule has 0 amide bonds. The van der Waals surface area contributed by atoms with E-state index in [9.17, 15) is 0 Å². The molecule has 0 atom stereocenters. The third-order valence-corrected chi connectivity index (χ3v) is 1.40. The van der Waals surface area contributed by atoms with Crippen molar-refractivity contribution in [2.24, 2.45) is 5.73 Å². The number of nitrogens with two attached hydrogens (primary N) is 1. The molecule has 0 aromatic rings. The molecular weight excluding hydrogens is 154 g/mol. The first-order chi connectivity index (χ1) is 5.74. The van der Waals surface area contributed by atoms with Crippen molar-refractivity contribution in [1.82, 2.24) is 0 Å². The van der Waals surface area contributed by atoms with Gasteiger partial charge >= 0.3 is 0 Å². The lowest BCUT2D eigenvalue weighted by Gasteiger charge is -1.96. The van der Waals surface area contributed by atoms with Gasteiger partial charge in [0.05, 0.1) is 0 Å². The van der Waals surface area contributed by atoms with Gasteiger partial charge in [0.1, 0.15) is 12.0 Å². The third kappa shape index (κ3) is 4.57. The lowest BCUT2D eigenvalue weighted by atomic mass is 10.1. The van der Waals surface area contributed by atoms with Crippen molar-refractivity contribution < 1.29 is 10.2 Å². The molecule has 3 nitrogen and oxygen atoms in total.